The maximum Gasteiger partial charge on any atom is 0.0340 e. The fourth-order valence-electron chi connectivity index (χ4n) is 0.999. The molecule has 0 bridgehead atoms. The second-order valence-corrected chi connectivity index (χ2v) is 5.25. The van der Waals surface area contributed by atoms with Crippen molar-refractivity contribution in [1.82, 2.24) is 0 Å². The first-order chi connectivity index (χ1) is 5.75. The molecular formula is C9H9Br2I. The van der Waals surface area contributed by atoms with Crippen LogP contribution in [0.2, 0.25) is 0 Å². The molecule has 12 heavy (non-hydrogen) atoms. The molecule has 1 aromatic rings. The molecule has 1 aromatic carbocycles. The molecule has 0 radical (unpaired) electrons. The number of halogens is 3. The van der Waals surface area contributed by atoms with E-state index >= 15 is 0 Å². The summed E-state index contributed by atoms with van der Waals surface area (Å²) in [6, 6.07) is 6.40. The number of benzene rings is 1. The lowest BCUT2D eigenvalue weighted by Crippen LogP contribution is -1.89. The van der Waals surface area contributed by atoms with Crippen molar-refractivity contribution in [3.63, 3.8) is 0 Å². The quantitative estimate of drug-likeness (QED) is 0.519. The van der Waals surface area contributed by atoms with Gasteiger partial charge in [-0.2, -0.15) is 0 Å². The standard InChI is InChI=1S/C9H9Br2I/c10-6-2-4-7-3-1-5-8(12)9(7)11/h1,3,5H,2,4,6H2. The summed E-state index contributed by atoms with van der Waals surface area (Å²) in [4.78, 5) is 0. The number of hydrogen-bond acceptors (Lipinski definition) is 0. The van der Waals surface area contributed by atoms with Crippen molar-refractivity contribution in [3.8, 4) is 0 Å². The van der Waals surface area contributed by atoms with Crippen LogP contribution in [0.4, 0.5) is 0 Å². The molecule has 0 nitrogen and oxygen atoms in total. The van der Waals surface area contributed by atoms with Crippen LogP contribution in [-0.2, 0) is 6.42 Å². The van der Waals surface area contributed by atoms with Gasteiger partial charge in [0.1, 0.15) is 0 Å². The fourth-order valence-corrected chi connectivity index (χ4v) is 2.30. The number of alkyl halides is 1. The predicted octanol–water partition coefficient (Wildman–Crippen LogP) is 4.38. The highest BCUT2D eigenvalue weighted by Gasteiger charge is 2.01. The third kappa shape index (κ3) is 3.00. The lowest BCUT2D eigenvalue weighted by Gasteiger charge is -2.04. The van der Waals surface area contributed by atoms with E-state index < -0.39 is 0 Å². The monoisotopic (exact) mass is 402 g/mol. The smallest absolute Gasteiger partial charge is 0.0340 e. The van der Waals surface area contributed by atoms with E-state index in [-0.39, 0.29) is 0 Å². The first-order valence-electron chi connectivity index (χ1n) is 3.74. The topological polar surface area (TPSA) is 0 Å². The first-order valence-corrected chi connectivity index (χ1v) is 6.74. The van der Waals surface area contributed by atoms with Crippen molar-refractivity contribution >= 4 is 54.5 Å². The molecule has 0 amide bonds. The van der Waals surface area contributed by atoms with Crippen LogP contribution in [0.5, 0.6) is 0 Å². The third-order valence-corrected chi connectivity index (χ3v) is 4.75. The van der Waals surface area contributed by atoms with Crippen LogP contribution in [0.25, 0.3) is 0 Å². The van der Waals surface area contributed by atoms with Gasteiger partial charge in [-0.1, -0.05) is 28.1 Å². The molecule has 0 N–H and O–H groups in total. The van der Waals surface area contributed by atoms with Crippen LogP contribution in [0.1, 0.15) is 12.0 Å². The van der Waals surface area contributed by atoms with Gasteiger partial charge >= 0.3 is 0 Å². The Balaban J connectivity index is 2.78. The molecule has 0 fully saturated rings. The SMILES string of the molecule is BrCCCc1cccc(I)c1Br. The molecule has 66 valence electrons. The lowest BCUT2D eigenvalue weighted by molar-refractivity contribution is 0.933. The Kier molecular flexibility index (Phi) is 5.13. The second kappa shape index (κ2) is 5.60. The third-order valence-electron chi connectivity index (χ3n) is 1.61. The molecule has 0 aliphatic rings. The van der Waals surface area contributed by atoms with Crippen molar-refractivity contribution < 1.29 is 0 Å². The van der Waals surface area contributed by atoms with Crippen LogP contribution in [0.3, 0.4) is 0 Å². The van der Waals surface area contributed by atoms with Gasteiger partial charge in [-0.25, -0.2) is 0 Å². The minimum absolute atomic E-state index is 1.07. The molecule has 0 aliphatic heterocycles. The second-order valence-electron chi connectivity index (χ2n) is 2.51. The summed E-state index contributed by atoms with van der Waals surface area (Å²) >= 11 is 9.36. The highest BCUT2D eigenvalue weighted by atomic mass is 127. The van der Waals surface area contributed by atoms with E-state index in [9.17, 15) is 0 Å². The fraction of sp³-hybridized carbons (Fsp3) is 0.333. The van der Waals surface area contributed by atoms with Crippen LogP contribution >= 0.6 is 54.5 Å². The van der Waals surface area contributed by atoms with Crippen molar-refractivity contribution in [2.45, 2.75) is 12.8 Å². The summed E-state index contributed by atoms with van der Waals surface area (Å²) in [6.07, 6.45) is 2.33. The Morgan fingerprint density at radius 1 is 1.33 bits per heavy atom. The van der Waals surface area contributed by atoms with E-state index in [0.717, 1.165) is 11.8 Å². The Bertz CT molecular complexity index is 261. The zero-order valence-corrected chi connectivity index (χ0v) is 11.8. The Hall–Kier alpha value is 0.910. The molecule has 0 saturated carbocycles. The van der Waals surface area contributed by atoms with Gasteiger partial charge in [0.2, 0.25) is 0 Å². The highest BCUT2D eigenvalue weighted by Crippen LogP contribution is 2.24. The molecule has 0 atom stereocenters. The van der Waals surface area contributed by atoms with E-state index in [0.29, 0.717) is 0 Å². The van der Waals surface area contributed by atoms with Gasteiger partial charge in [0.25, 0.3) is 0 Å². The van der Waals surface area contributed by atoms with Gasteiger partial charge < -0.3 is 0 Å². The molecule has 0 aliphatic carbocycles. The van der Waals surface area contributed by atoms with Crippen LogP contribution in [0.15, 0.2) is 22.7 Å². The van der Waals surface area contributed by atoms with Crippen molar-refractivity contribution in [3.05, 3.63) is 31.8 Å². The van der Waals surface area contributed by atoms with Crippen LogP contribution < -0.4 is 0 Å². The van der Waals surface area contributed by atoms with Crippen LogP contribution in [0, 0.1) is 3.57 Å². The lowest BCUT2D eigenvalue weighted by atomic mass is 10.1. The Morgan fingerprint density at radius 3 is 2.75 bits per heavy atom. The molecule has 0 spiro atoms. The van der Waals surface area contributed by atoms with E-state index in [1.54, 1.807) is 0 Å². The zero-order valence-electron chi connectivity index (χ0n) is 6.49. The average molecular weight is 404 g/mol. The molecular weight excluding hydrogens is 395 g/mol. The van der Waals surface area contributed by atoms with Crippen molar-refractivity contribution in [2.75, 3.05) is 5.33 Å². The van der Waals surface area contributed by atoms with Crippen molar-refractivity contribution in [2.24, 2.45) is 0 Å². The summed E-state index contributed by atoms with van der Waals surface area (Å²) in [5, 5.41) is 1.07. The van der Waals surface area contributed by atoms with E-state index in [1.165, 1.54) is 20.0 Å². The van der Waals surface area contributed by atoms with E-state index in [4.69, 9.17) is 0 Å². The van der Waals surface area contributed by atoms with Gasteiger partial charge in [0.05, 0.1) is 0 Å². The highest BCUT2D eigenvalue weighted by molar-refractivity contribution is 14.1. The molecule has 1 rings (SSSR count). The molecule has 0 saturated heterocycles. The summed E-state index contributed by atoms with van der Waals surface area (Å²) in [6.45, 7) is 0. The minimum Gasteiger partial charge on any atom is -0.0928 e. The molecule has 0 heterocycles. The van der Waals surface area contributed by atoms with Gasteiger partial charge in [0, 0.05) is 13.4 Å². The first kappa shape index (κ1) is 11.0. The molecule has 3 heteroatoms. The predicted molar refractivity (Wildman–Crippen MR) is 69.0 cm³/mol. The molecule has 0 unspecified atom stereocenters. The minimum atomic E-state index is 1.07. The summed E-state index contributed by atoms with van der Waals surface area (Å²) in [7, 11) is 0. The number of hydrogen-bond donors (Lipinski definition) is 0. The van der Waals surface area contributed by atoms with Crippen LogP contribution in [-0.4, -0.2) is 5.33 Å². The van der Waals surface area contributed by atoms with E-state index in [1.807, 2.05) is 0 Å². The maximum atomic E-state index is 3.59. The normalized spacial score (nSPS) is 10.2. The largest absolute Gasteiger partial charge is 0.0928 e. The Morgan fingerprint density at radius 2 is 2.08 bits per heavy atom. The zero-order chi connectivity index (χ0) is 8.97. The number of aryl methyl sites for hydroxylation is 1. The maximum absolute atomic E-state index is 3.59. The summed E-state index contributed by atoms with van der Waals surface area (Å²) < 4.78 is 2.55. The van der Waals surface area contributed by atoms with Crippen molar-refractivity contribution in [1.29, 1.82) is 0 Å². The van der Waals surface area contributed by atoms with E-state index in [2.05, 4.69) is 72.6 Å². The summed E-state index contributed by atoms with van der Waals surface area (Å²) in [5.74, 6) is 0. The van der Waals surface area contributed by atoms with Gasteiger partial charge in [-0.3, -0.25) is 0 Å². The number of rotatable bonds is 3. The van der Waals surface area contributed by atoms with Gasteiger partial charge in [-0.15, -0.1) is 0 Å². The summed E-state index contributed by atoms with van der Waals surface area (Å²) in [5.41, 5.74) is 1.40. The average Bonchev–Trinajstić information content (AvgIpc) is 2.08. The van der Waals surface area contributed by atoms with Gasteiger partial charge in [-0.05, 0) is 63.0 Å². The van der Waals surface area contributed by atoms with Gasteiger partial charge in [0.15, 0.2) is 0 Å². The Labute approximate surface area is 104 Å². The molecule has 0 aromatic heterocycles.